The molecule has 0 fully saturated rings. The lowest BCUT2D eigenvalue weighted by atomic mass is 10.1. The van der Waals surface area contributed by atoms with Crippen LogP contribution in [-0.2, 0) is 6.54 Å². The number of carboxylic acid groups (broad SMARTS) is 1. The van der Waals surface area contributed by atoms with Crippen LogP contribution in [0, 0.1) is 5.92 Å². The van der Waals surface area contributed by atoms with E-state index in [1.54, 1.807) is 12.1 Å². The smallest absolute Gasteiger partial charge is 0.335 e. The van der Waals surface area contributed by atoms with Crippen LogP contribution in [0.2, 0.25) is 0 Å². The second kappa shape index (κ2) is 6.90. The molecule has 0 atom stereocenters. The molecule has 0 aromatic heterocycles. The summed E-state index contributed by atoms with van der Waals surface area (Å²) in [4.78, 5) is 13.1. The summed E-state index contributed by atoms with van der Waals surface area (Å²) in [6.45, 7) is 6.30. The van der Waals surface area contributed by atoms with Crippen molar-refractivity contribution < 1.29 is 9.90 Å². The molecule has 0 unspecified atom stereocenters. The monoisotopic (exact) mass is 313 g/mol. The van der Waals surface area contributed by atoms with Gasteiger partial charge in [0.15, 0.2) is 0 Å². The number of benzene rings is 1. The number of aromatic carboxylic acids is 1. The van der Waals surface area contributed by atoms with Crippen LogP contribution in [0.25, 0.3) is 0 Å². The lowest BCUT2D eigenvalue weighted by Gasteiger charge is -2.18. The number of halogens is 1. The molecule has 0 amide bonds. The molecule has 1 N–H and O–H groups in total. The highest BCUT2D eigenvalue weighted by Crippen LogP contribution is 2.20. The maximum Gasteiger partial charge on any atom is 0.335 e. The zero-order valence-corrected chi connectivity index (χ0v) is 12.7. The minimum absolute atomic E-state index is 0.315. The Kier molecular flexibility index (Phi) is 5.82. The Morgan fingerprint density at radius 2 is 2.11 bits per heavy atom. The lowest BCUT2D eigenvalue weighted by molar-refractivity contribution is 0.0697. The number of rotatable bonds is 6. The summed E-state index contributed by atoms with van der Waals surface area (Å²) in [6.07, 6.45) is 1.17. The second-order valence-electron chi connectivity index (χ2n) is 5.03. The van der Waals surface area contributed by atoms with Crippen molar-refractivity contribution in [3.05, 3.63) is 33.8 Å². The van der Waals surface area contributed by atoms with E-state index < -0.39 is 5.97 Å². The van der Waals surface area contributed by atoms with Crippen LogP contribution < -0.4 is 0 Å². The molecule has 0 heterocycles. The third kappa shape index (κ3) is 4.78. The van der Waals surface area contributed by atoms with Crippen LogP contribution >= 0.6 is 15.9 Å². The average Bonchev–Trinajstić information content (AvgIpc) is 2.29. The fourth-order valence-corrected chi connectivity index (χ4v) is 2.16. The number of carbonyl (C=O) groups is 1. The predicted octanol–water partition coefficient (Wildman–Crippen LogP) is 3.63. The molecule has 0 spiro atoms. The molecule has 0 saturated carbocycles. The fraction of sp³-hybridized carbons (Fsp3) is 0.500. The van der Waals surface area contributed by atoms with Gasteiger partial charge in [-0.25, -0.2) is 4.79 Å². The van der Waals surface area contributed by atoms with Crippen LogP contribution in [0.4, 0.5) is 0 Å². The van der Waals surface area contributed by atoms with Crippen molar-refractivity contribution in [1.29, 1.82) is 0 Å². The van der Waals surface area contributed by atoms with Gasteiger partial charge in [0.1, 0.15) is 0 Å². The van der Waals surface area contributed by atoms with Crippen molar-refractivity contribution in [2.45, 2.75) is 26.8 Å². The quantitative estimate of drug-likeness (QED) is 0.872. The molecular weight excluding hydrogens is 294 g/mol. The molecule has 0 radical (unpaired) electrons. The van der Waals surface area contributed by atoms with Gasteiger partial charge in [0.05, 0.1) is 5.56 Å². The van der Waals surface area contributed by atoms with E-state index in [4.69, 9.17) is 5.11 Å². The van der Waals surface area contributed by atoms with Gasteiger partial charge in [0, 0.05) is 11.0 Å². The van der Waals surface area contributed by atoms with Crippen LogP contribution in [0.3, 0.4) is 0 Å². The summed E-state index contributed by atoms with van der Waals surface area (Å²) < 4.78 is 0.860. The van der Waals surface area contributed by atoms with E-state index in [-0.39, 0.29) is 0 Å². The van der Waals surface area contributed by atoms with E-state index in [0.717, 1.165) is 23.1 Å². The molecule has 18 heavy (non-hydrogen) atoms. The molecule has 1 rings (SSSR count). The van der Waals surface area contributed by atoms with Gasteiger partial charge in [-0.2, -0.15) is 0 Å². The normalized spacial score (nSPS) is 11.2. The fourth-order valence-electron chi connectivity index (χ4n) is 1.66. The molecule has 1 aromatic carbocycles. The maximum absolute atomic E-state index is 10.8. The Morgan fingerprint density at radius 3 is 2.61 bits per heavy atom. The zero-order valence-electron chi connectivity index (χ0n) is 11.1. The van der Waals surface area contributed by atoms with E-state index in [1.807, 2.05) is 6.07 Å². The molecular formula is C14H20BrNO2. The molecule has 1 aromatic rings. The number of hydrogen-bond acceptors (Lipinski definition) is 2. The standard InChI is InChI=1S/C14H20BrNO2/c1-10(2)6-7-16(3)9-12-5-4-11(14(17)18)8-13(12)15/h4-5,8,10H,6-7,9H2,1-3H3,(H,17,18). The molecule has 100 valence electrons. The number of hydrogen-bond donors (Lipinski definition) is 1. The first-order valence-corrected chi connectivity index (χ1v) is 6.89. The van der Waals surface area contributed by atoms with E-state index in [0.29, 0.717) is 11.5 Å². The van der Waals surface area contributed by atoms with Crippen LogP contribution in [0.15, 0.2) is 22.7 Å². The van der Waals surface area contributed by atoms with Gasteiger partial charge in [-0.1, -0.05) is 35.8 Å². The number of carboxylic acids is 1. The van der Waals surface area contributed by atoms with Crippen LogP contribution in [0.5, 0.6) is 0 Å². The van der Waals surface area contributed by atoms with E-state index in [1.165, 1.54) is 6.42 Å². The number of nitrogens with zero attached hydrogens (tertiary/aromatic N) is 1. The molecule has 0 saturated heterocycles. The summed E-state index contributed by atoms with van der Waals surface area (Å²) in [5.74, 6) is -0.194. The Hall–Kier alpha value is -0.870. The van der Waals surface area contributed by atoms with Gasteiger partial charge in [0.25, 0.3) is 0 Å². The Balaban J connectivity index is 2.64. The first kappa shape index (κ1) is 15.2. The molecule has 0 aliphatic rings. The summed E-state index contributed by atoms with van der Waals surface area (Å²) in [7, 11) is 2.08. The molecule has 4 heteroatoms. The van der Waals surface area contributed by atoms with Crippen molar-refractivity contribution in [2.75, 3.05) is 13.6 Å². The molecule has 0 aliphatic carbocycles. The highest BCUT2D eigenvalue weighted by molar-refractivity contribution is 9.10. The van der Waals surface area contributed by atoms with E-state index in [9.17, 15) is 4.79 Å². The Labute approximate surface area is 117 Å². The summed E-state index contributed by atoms with van der Waals surface area (Å²) in [5, 5.41) is 8.90. The van der Waals surface area contributed by atoms with Crippen molar-refractivity contribution in [2.24, 2.45) is 5.92 Å². The van der Waals surface area contributed by atoms with Gasteiger partial charge >= 0.3 is 5.97 Å². The third-order valence-electron chi connectivity index (χ3n) is 2.83. The molecule has 0 bridgehead atoms. The second-order valence-corrected chi connectivity index (χ2v) is 5.89. The average molecular weight is 314 g/mol. The lowest BCUT2D eigenvalue weighted by Crippen LogP contribution is -2.20. The van der Waals surface area contributed by atoms with Gasteiger partial charge in [-0.05, 0) is 43.6 Å². The van der Waals surface area contributed by atoms with Crippen LogP contribution in [0.1, 0.15) is 36.2 Å². The Bertz CT molecular complexity index is 418. The van der Waals surface area contributed by atoms with Crippen molar-refractivity contribution >= 4 is 21.9 Å². The van der Waals surface area contributed by atoms with E-state index in [2.05, 4.69) is 41.7 Å². The van der Waals surface area contributed by atoms with Crippen molar-refractivity contribution in [3.8, 4) is 0 Å². The first-order valence-electron chi connectivity index (χ1n) is 6.10. The zero-order chi connectivity index (χ0) is 13.7. The summed E-state index contributed by atoms with van der Waals surface area (Å²) >= 11 is 3.43. The molecule has 3 nitrogen and oxygen atoms in total. The van der Waals surface area contributed by atoms with Gasteiger partial charge in [-0.15, -0.1) is 0 Å². The van der Waals surface area contributed by atoms with Gasteiger partial charge in [0.2, 0.25) is 0 Å². The maximum atomic E-state index is 10.8. The van der Waals surface area contributed by atoms with Crippen LogP contribution in [-0.4, -0.2) is 29.6 Å². The first-order chi connectivity index (χ1) is 8.40. The van der Waals surface area contributed by atoms with Crippen molar-refractivity contribution in [1.82, 2.24) is 4.90 Å². The highest BCUT2D eigenvalue weighted by atomic mass is 79.9. The van der Waals surface area contributed by atoms with E-state index >= 15 is 0 Å². The summed E-state index contributed by atoms with van der Waals surface area (Å²) in [5.41, 5.74) is 1.43. The topological polar surface area (TPSA) is 40.5 Å². The Morgan fingerprint density at radius 1 is 1.44 bits per heavy atom. The minimum Gasteiger partial charge on any atom is -0.478 e. The minimum atomic E-state index is -0.893. The predicted molar refractivity (Wildman–Crippen MR) is 76.9 cm³/mol. The largest absolute Gasteiger partial charge is 0.478 e. The summed E-state index contributed by atoms with van der Waals surface area (Å²) in [6, 6.07) is 5.19. The highest BCUT2D eigenvalue weighted by Gasteiger charge is 2.08. The SMILES string of the molecule is CC(C)CCN(C)Cc1ccc(C(=O)O)cc1Br. The third-order valence-corrected chi connectivity index (χ3v) is 3.57. The van der Waals surface area contributed by atoms with Crippen molar-refractivity contribution in [3.63, 3.8) is 0 Å². The van der Waals surface area contributed by atoms with Gasteiger partial charge < -0.3 is 10.0 Å². The van der Waals surface area contributed by atoms with Gasteiger partial charge in [-0.3, -0.25) is 0 Å². The molecule has 0 aliphatic heterocycles.